The van der Waals surface area contributed by atoms with Crippen LogP contribution in [0.25, 0.3) is 0 Å². The number of hydrogen-bond acceptors (Lipinski definition) is 7. The summed E-state index contributed by atoms with van der Waals surface area (Å²) in [6.07, 6.45) is 0. The Balaban J connectivity index is 1.99. The molecule has 0 aliphatic rings. The number of nitrogen functional groups attached to an aromatic ring is 1. The first-order chi connectivity index (χ1) is 7.79. The van der Waals surface area contributed by atoms with Crippen LogP contribution in [-0.2, 0) is 5.75 Å². The van der Waals surface area contributed by atoms with E-state index >= 15 is 0 Å². The Morgan fingerprint density at radius 1 is 1.38 bits per heavy atom. The number of aromatic nitrogens is 2. The van der Waals surface area contributed by atoms with E-state index in [4.69, 9.17) is 10.9 Å². The summed E-state index contributed by atoms with van der Waals surface area (Å²) in [5.74, 6) is 6.28. The number of benzene rings is 1. The van der Waals surface area contributed by atoms with Crippen LogP contribution in [0.15, 0.2) is 29.2 Å². The van der Waals surface area contributed by atoms with E-state index in [2.05, 4.69) is 15.0 Å². The highest BCUT2D eigenvalue weighted by molar-refractivity contribution is 7.98. The molecule has 0 spiro atoms. The minimum absolute atomic E-state index is 0.268. The maximum Gasteiger partial charge on any atom is 0.148 e. The monoisotopic (exact) mass is 254 g/mol. The van der Waals surface area contributed by atoms with E-state index in [1.165, 1.54) is 11.5 Å². The van der Waals surface area contributed by atoms with Crippen molar-refractivity contribution in [2.75, 3.05) is 5.43 Å². The lowest BCUT2D eigenvalue weighted by Crippen LogP contribution is -2.06. The third-order valence-corrected chi connectivity index (χ3v) is 3.62. The number of rotatable bonds is 4. The number of nitrogens with one attached hydrogen (secondary N) is 1. The first-order valence-electron chi connectivity index (χ1n) is 4.49. The van der Waals surface area contributed by atoms with E-state index in [1.54, 1.807) is 23.9 Å². The summed E-state index contributed by atoms with van der Waals surface area (Å²) in [5, 5.41) is 13.9. The molecule has 2 rings (SSSR count). The van der Waals surface area contributed by atoms with Gasteiger partial charge in [-0.05, 0) is 24.3 Å². The minimum Gasteiger partial charge on any atom is -0.508 e. The Labute approximate surface area is 101 Å². The summed E-state index contributed by atoms with van der Waals surface area (Å²) in [4.78, 5) is 1.06. The van der Waals surface area contributed by atoms with Crippen LogP contribution in [0, 0.1) is 0 Å². The van der Waals surface area contributed by atoms with Gasteiger partial charge in [0, 0.05) is 22.2 Å². The van der Waals surface area contributed by atoms with Crippen molar-refractivity contribution in [3.8, 4) is 5.75 Å². The molecule has 0 bridgehead atoms. The molecule has 0 fully saturated rings. The van der Waals surface area contributed by atoms with E-state index in [-0.39, 0.29) is 5.75 Å². The fourth-order valence-corrected chi connectivity index (χ4v) is 2.52. The summed E-state index contributed by atoms with van der Waals surface area (Å²) in [5.41, 5.74) is 3.40. The molecule has 1 aromatic heterocycles. The number of nitrogens with two attached hydrogens (primary N) is 1. The van der Waals surface area contributed by atoms with Crippen LogP contribution in [-0.4, -0.2) is 14.7 Å². The topological polar surface area (TPSA) is 84.1 Å². The van der Waals surface area contributed by atoms with Gasteiger partial charge < -0.3 is 10.5 Å². The maximum absolute atomic E-state index is 9.13. The Morgan fingerprint density at radius 2 is 2.12 bits per heavy atom. The average Bonchev–Trinajstić information content (AvgIpc) is 2.76. The van der Waals surface area contributed by atoms with E-state index < -0.39 is 0 Å². The predicted molar refractivity (Wildman–Crippen MR) is 65.4 cm³/mol. The molecule has 84 valence electrons. The lowest BCUT2D eigenvalue weighted by Gasteiger charge is -2.01. The largest absolute Gasteiger partial charge is 0.508 e. The van der Waals surface area contributed by atoms with Crippen molar-refractivity contribution in [3.63, 3.8) is 0 Å². The summed E-state index contributed by atoms with van der Waals surface area (Å²) in [6.45, 7) is 0. The molecule has 0 saturated heterocycles. The van der Waals surface area contributed by atoms with Crippen molar-refractivity contribution in [2.45, 2.75) is 10.6 Å². The van der Waals surface area contributed by atoms with E-state index in [1.807, 2.05) is 12.1 Å². The van der Waals surface area contributed by atoms with Crippen LogP contribution in [0.4, 0.5) is 5.00 Å². The molecule has 0 atom stereocenters. The van der Waals surface area contributed by atoms with Crippen LogP contribution in [0.5, 0.6) is 5.75 Å². The molecular weight excluding hydrogens is 244 g/mol. The number of nitrogens with zero attached hydrogens (tertiary/aromatic N) is 2. The summed E-state index contributed by atoms with van der Waals surface area (Å²) in [6, 6.07) is 7.03. The Morgan fingerprint density at radius 3 is 2.81 bits per heavy atom. The quantitative estimate of drug-likeness (QED) is 0.438. The number of hydrazine groups is 1. The van der Waals surface area contributed by atoms with Gasteiger partial charge in [-0.1, -0.05) is 4.49 Å². The standard InChI is InChI=1S/C9H10N4OS2/c10-11-9-8(12-13-16-9)5-15-7-3-1-6(14)2-4-7/h1-4,11,14H,5,10H2. The third kappa shape index (κ3) is 2.63. The second-order valence-corrected chi connectivity index (χ2v) is 4.78. The molecule has 7 heteroatoms. The number of aromatic hydroxyl groups is 1. The zero-order valence-electron chi connectivity index (χ0n) is 8.25. The number of phenolic OH excluding ortho intramolecular Hbond substituents is 1. The van der Waals surface area contributed by atoms with Crippen molar-refractivity contribution in [2.24, 2.45) is 5.84 Å². The van der Waals surface area contributed by atoms with Crippen LogP contribution >= 0.6 is 23.3 Å². The Hall–Kier alpha value is -1.31. The number of thioether (sulfide) groups is 1. The summed E-state index contributed by atoms with van der Waals surface area (Å²) >= 11 is 2.85. The molecule has 5 nitrogen and oxygen atoms in total. The SMILES string of the molecule is NNc1snnc1CSc1ccc(O)cc1. The molecule has 0 radical (unpaired) electrons. The molecule has 0 aliphatic heterocycles. The first kappa shape index (κ1) is 11.2. The van der Waals surface area contributed by atoms with Crippen LogP contribution in [0.2, 0.25) is 0 Å². The molecule has 0 unspecified atom stereocenters. The summed E-state index contributed by atoms with van der Waals surface area (Å²) in [7, 11) is 0. The van der Waals surface area contributed by atoms with Gasteiger partial charge >= 0.3 is 0 Å². The van der Waals surface area contributed by atoms with Crippen molar-refractivity contribution in [1.82, 2.24) is 9.59 Å². The lowest BCUT2D eigenvalue weighted by atomic mass is 10.3. The van der Waals surface area contributed by atoms with Gasteiger partial charge in [0.2, 0.25) is 0 Å². The number of anilines is 1. The second kappa shape index (κ2) is 5.15. The Bertz CT molecular complexity index is 457. The highest BCUT2D eigenvalue weighted by Gasteiger charge is 2.06. The molecule has 0 amide bonds. The highest BCUT2D eigenvalue weighted by atomic mass is 32.2. The Kier molecular flexibility index (Phi) is 3.60. The number of phenols is 1. The lowest BCUT2D eigenvalue weighted by molar-refractivity contribution is 0.475. The molecule has 1 heterocycles. The zero-order valence-corrected chi connectivity index (χ0v) is 9.88. The van der Waals surface area contributed by atoms with Gasteiger partial charge in [-0.2, -0.15) is 0 Å². The van der Waals surface area contributed by atoms with Gasteiger partial charge in [0.1, 0.15) is 16.4 Å². The normalized spacial score (nSPS) is 10.3. The maximum atomic E-state index is 9.13. The van der Waals surface area contributed by atoms with Gasteiger partial charge in [-0.3, -0.25) is 0 Å². The smallest absolute Gasteiger partial charge is 0.148 e. The second-order valence-electron chi connectivity index (χ2n) is 2.98. The molecular formula is C9H10N4OS2. The predicted octanol–water partition coefficient (Wildman–Crippen LogP) is 1.82. The fraction of sp³-hybridized carbons (Fsp3) is 0.111. The van der Waals surface area contributed by atoms with Crippen molar-refractivity contribution >= 4 is 28.3 Å². The number of hydrogen-bond donors (Lipinski definition) is 3. The van der Waals surface area contributed by atoms with Crippen LogP contribution in [0.1, 0.15) is 5.69 Å². The van der Waals surface area contributed by atoms with Crippen molar-refractivity contribution in [1.29, 1.82) is 0 Å². The zero-order chi connectivity index (χ0) is 11.4. The highest BCUT2D eigenvalue weighted by Crippen LogP contribution is 2.27. The van der Waals surface area contributed by atoms with E-state index in [9.17, 15) is 0 Å². The van der Waals surface area contributed by atoms with Gasteiger partial charge in [0.05, 0.1) is 0 Å². The van der Waals surface area contributed by atoms with Gasteiger partial charge in [0.25, 0.3) is 0 Å². The summed E-state index contributed by atoms with van der Waals surface area (Å²) < 4.78 is 3.82. The molecule has 1 aromatic carbocycles. The van der Waals surface area contributed by atoms with E-state index in [0.717, 1.165) is 15.6 Å². The van der Waals surface area contributed by atoms with Crippen LogP contribution < -0.4 is 11.3 Å². The minimum atomic E-state index is 0.268. The van der Waals surface area contributed by atoms with Crippen molar-refractivity contribution < 1.29 is 5.11 Å². The molecule has 16 heavy (non-hydrogen) atoms. The van der Waals surface area contributed by atoms with E-state index in [0.29, 0.717) is 5.75 Å². The first-order valence-corrected chi connectivity index (χ1v) is 6.25. The molecule has 2 aromatic rings. The third-order valence-electron chi connectivity index (χ3n) is 1.90. The fourth-order valence-electron chi connectivity index (χ4n) is 1.11. The van der Waals surface area contributed by atoms with Crippen LogP contribution in [0.3, 0.4) is 0 Å². The molecule has 0 aliphatic carbocycles. The van der Waals surface area contributed by atoms with Crippen molar-refractivity contribution in [3.05, 3.63) is 30.0 Å². The molecule has 0 saturated carbocycles. The van der Waals surface area contributed by atoms with Gasteiger partial charge in [-0.25, -0.2) is 5.84 Å². The van der Waals surface area contributed by atoms with Gasteiger partial charge in [0.15, 0.2) is 0 Å². The van der Waals surface area contributed by atoms with Gasteiger partial charge in [-0.15, -0.1) is 16.9 Å². The average molecular weight is 254 g/mol. The molecule has 4 N–H and O–H groups in total.